The van der Waals surface area contributed by atoms with E-state index in [4.69, 9.17) is 5.73 Å². The van der Waals surface area contributed by atoms with E-state index in [1.807, 2.05) is 0 Å². The van der Waals surface area contributed by atoms with Crippen LogP contribution in [0.25, 0.3) is 0 Å². The fourth-order valence-corrected chi connectivity index (χ4v) is 2.22. The fourth-order valence-electron chi connectivity index (χ4n) is 2.22. The van der Waals surface area contributed by atoms with Crippen LogP contribution in [0.2, 0.25) is 0 Å². The Hall–Kier alpha value is -1.13. The van der Waals surface area contributed by atoms with Crippen molar-refractivity contribution in [2.75, 3.05) is 13.1 Å². The van der Waals surface area contributed by atoms with E-state index in [0.717, 1.165) is 37.6 Å². The van der Waals surface area contributed by atoms with Crippen molar-refractivity contribution in [2.24, 2.45) is 5.73 Å². The summed E-state index contributed by atoms with van der Waals surface area (Å²) < 4.78 is 13.1. The largest absolute Gasteiger partial charge is 0.508 e. The summed E-state index contributed by atoms with van der Waals surface area (Å²) in [6.07, 6.45) is 2.15. The number of hydrogen-bond acceptors (Lipinski definition) is 3. The van der Waals surface area contributed by atoms with E-state index in [1.54, 1.807) is 6.07 Å². The molecule has 1 aliphatic rings. The highest BCUT2D eigenvalue weighted by molar-refractivity contribution is 5.28. The van der Waals surface area contributed by atoms with Crippen molar-refractivity contribution < 1.29 is 9.50 Å². The number of benzene rings is 1. The molecule has 0 aromatic heterocycles. The van der Waals surface area contributed by atoms with Gasteiger partial charge >= 0.3 is 0 Å². The van der Waals surface area contributed by atoms with Gasteiger partial charge in [-0.2, -0.15) is 0 Å². The molecule has 16 heavy (non-hydrogen) atoms. The minimum atomic E-state index is -0.392. The number of nitrogens with zero attached hydrogens (tertiary/aromatic N) is 1. The maximum absolute atomic E-state index is 13.1. The maximum atomic E-state index is 13.1. The molecule has 1 saturated heterocycles. The van der Waals surface area contributed by atoms with E-state index in [9.17, 15) is 9.50 Å². The number of likely N-dealkylation sites (tertiary alicyclic amines) is 1. The number of nitrogens with two attached hydrogens (primary N) is 1. The lowest BCUT2D eigenvalue weighted by Gasteiger charge is -2.30. The van der Waals surface area contributed by atoms with Crippen LogP contribution in [0, 0.1) is 5.82 Å². The Kier molecular flexibility index (Phi) is 3.41. The summed E-state index contributed by atoms with van der Waals surface area (Å²) in [7, 11) is 0. The maximum Gasteiger partial charge on any atom is 0.127 e. The topological polar surface area (TPSA) is 49.5 Å². The molecule has 3 nitrogen and oxygen atoms in total. The van der Waals surface area contributed by atoms with Crippen LogP contribution < -0.4 is 5.73 Å². The Morgan fingerprint density at radius 2 is 2.25 bits per heavy atom. The summed E-state index contributed by atoms with van der Waals surface area (Å²) >= 11 is 0. The SMILES string of the molecule is NC1CCCN(Cc2cc(O)cc(F)c2)C1. The van der Waals surface area contributed by atoms with Crippen LogP contribution in [0.4, 0.5) is 4.39 Å². The Morgan fingerprint density at radius 3 is 2.94 bits per heavy atom. The Morgan fingerprint density at radius 1 is 1.44 bits per heavy atom. The third-order valence-corrected chi connectivity index (χ3v) is 2.89. The van der Waals surface area contributed by atoms with Crippen LogP contribution in [0.15, 0.2) is 18.2 Å². The molecule has 1 unspecified atom stereocenters. The first-order valence-electron chi connectivity index (χ1n) is 5.60. The number of rotatable bonds is 2. The van der Waals surface area contributed by atoms with Crippen molar-refractivity contribution in [1.82, 2.24) is 4.90 Å². The highest BCUT2D eigenvalue weighted by Gasteiger charge is 2.16. The number of phenols is 1. The van der Waals surface area contributed by atoms with Gasteiger partial charge in [0, 0.05) is 25.2 Å². The lowest BCUT2D eigenvalue weighted by Crippen LogP contribution is -2.42. The fraction of sp³-hybridized carbons (Fsp3) is 0.500. The van der Waals surface area contributed by atoms with Gasteiger partial charge in [0.15, 0.2) is 0 Å². The van der Waals surface area contributed by atoms with Gasteiger partial charge in [0.2, 0.25) is 0 Å². The molecule has 1 aliphatic heterocycles. The van der Waals surface area contributed by atoms with Crippen LogP contribution in [-0.4, -0.2) is 29.1 Å². The van der Waals surface area contributed by atoms with Gasteiger partial charge in [0.05, 0.1) is 0 Å². The molecular formula is C12H17FN2O. The molecule has 4 heteroatoms. The van der Waals surface area contributed by atoms with E-state index in [-0.39, 0.29) is 11.8 Å². The molecule has 1 aromatic carbocycles. The molecule has 0 aliphatic carbocycles. The van der Waals surface area contributed by atoms with Gasteiger partial charge < -0.3 is 10.8 Å². The third-order valence-electron chi connectivity index (χ3n) is 2.89. The van der Waals surface area contributed by atoms with E-state index in [1.165, 1.54) is 6.07 Å². The average Bonchev–Trinajstić information content (AvgIpc) is 2.15. The highest BCUT2D eigenvalue weighted by Crippen LogP contribution is 2.18. The lowest BCUT2D eigenvalue weighted by molar-refractivity contribution is 0.201. The average molecular weight is 224 g/mol. The lowest BCUT2D eigenvalue weighted by atomic mass is 10.1. The van der Waals surface area contributed by atoms with Gasteiger partial charge in [-0.15, -0.1) is 0 Å². The molecule has 88 valence electrons. The number of aromatic hydroxyl groups is 1. The summed E-state index contributed by atoms with van der Waals surface area (Å²) in [5.74, 6) is -0.410. The molecule has 0 saturated carbocycles. The van der Waals surface area contributed by atoms with Crippen molar-refractivity contribution in [3.8, 4) is 5.75 Å². The Labute approximate surface area is 94.7 Å². The van der Waals surface area contributed by atoms with Crippen LogP contribution in [0.3, 0.4) is 0 Å². The van der Waals surface area contributed by atoms with E-state index in [0.29, 0.717) is 6.54 Å². The second kappa shape index (κ2) is 4.80. The first-order chi connectivity index (χ1) is 7.63. The van der Waals surface area contributed by atoms with Crippen molar-refractivity contribution in [1.29, 1.82) is 0 Å². The zero-order valence-corrected chi connectivity index (χ0v) is 9.19. The van der Waals surface area contributed by atoms with Gasteiger partial charge in [0.25, 0.3) is 0 Å². The van der Waals surface area contributed by atoms with Crippen LogP contribution in [0.5, 0.6) is 5.75 Å². The van der Waals surface area contributed by atoms with Gasteiger partial charge in [-0.25, -0.2) is 4.39 Å². The van der Waals surface area contributed by atoms with Gasteiger partial charge in [0.1, 0.15) is 11.6 Å². The van der Waals surface area contributed by atoms with Gasteiger partial charge in [-0.05, 0) is 37.1 Å². The monoisotopic (exact) mass is 224 g/mol. The molecule has 0 bridgehead atoms. The van der Waals surface area contributed by atoms with Gasteiger partial charge in [-0.1, -0.05) is 0 Å². The van der Waals surface area contributed by atoms with E-state index >= 15 is 0 Å². The summed E-state index contributed by atoms with van der Waals surface area (Å²) in [6, 6.07) is 4.39. The Bertz CT molecular complexity index is 350. The van der Waals surface area contributed by atoms with Gasteiger partial charge in [-0.3, -0.25) is 4.90 Å². The van der Waals surface area contributed by atoms with E-state index in [2.05, 4.69) is 4.90 Å². The van der Waals surface area contributed by atoms with Crippen LogP contribution >= 0.6 is 0 Å². The number of phenolic OH excluding ortho intramolecular Hbond substituents is 1. The molecule has 1 aromatic rings. The van der Waals surface area contributed by atoms with Crippen molar-refractivity contribution >= 4 is 0 Å². The predicted octanol–water partition coefficient (Wildman–Crippen LogP) is 1.45. The standard InChI is InChI=1S/C12H17FN2O/c13-10-4-9(5-12(16)6-10)7-15-3-1-2-11(14)8-15/h4-6,11,16H,1-3,7-8,14H2. The normalized spacial score (nSPS) is 22.2. The molecule has 0 spiro atoms. The summed E-state index contributed by atoms with van der Waals surface area (Å²) in [4.78, 5) is 2.20. The van der Waals surface area contributed by atoms with Crippen LogP contribution in [-0.2, 0) is 6.54 Å². The molecule has 3 N–H and O–H groups in total. The first-order valence-corrected chi connectivity index (χ1v) is 5.60. The zero-order valence-electron chi connectivity index (χ0n) is 9.19. The Balaban J connectivity index is 2.02. The number of halogens is 1. The minimum absolute atomic E-state index is 0.0173. The van der Waals surface area contributed by atoms with E-state index < -0.39 is 5.82 Å². The smallest absolute Gasteiger partial charge is 0.127 e. The second-order valence-electron chi connectivity index (χ2n) is 4.46. The first kappa shape index (κ1) is 11.4. The summed E-state index contributed by atoms with van der Waals surface area (Å²) in [6.45, 7) is 2.49. The quantitative estimate of drug-likeness (QED) is 0.799. The van der Waals surface area contributed by atoms with Crippen molar-refractivity contribution in [3.63, 3.8) is 0 Å². The van der Waals surface area contributed by atoms with Crippen molar-refractivity contribution in [2.45, 2.75) is 25.4 Å². The van der Waals surface area contributed by atoms with Crippen LogP contribution in [0.1, 0.15) is 18.4 Å². The minimum Gasteiger partial charge on any atom is -0.508 e. The highest BCUT2D eigenvalue weighted by atomic mass is 19.1. The summed E-state index contributed by atoms with van der Waals surface area (Å²) in [5.41, 5.74) is 6.67. The second-order valence-corrected chi connectivity index (χ2v) is 4.46. The van der Waals surface area contributed by atoms with Crippen molar-refractivity contribution in [3.05, 3.63) is 29.6 Å². The molecule has 1 atom stereocenters. The number of hydrogen-bond donors (Lipinski definition) is 2. The molecule has 1 fully saturated rings. The zero-order chi connectivity index (χ0) is 11.5. The molecule has 0 radical (unpaired) electrons. The predicted molar refractivity (Wildman–Crippen MR) is 60.6 cm³/mol. The molecule has 2 rings (SSSR count). The molecular weight excluding hydrogens is 207 g/mol. The summed E-state index contributed by atoms with van der Waals surface area (Å²) in [5, 5.41) is 9.29. The molecule has 1 heterocycles. The third kappa shape index (κ3) is 2.93. The molecule has 0 amide bonds. The number of piperidine rings is 1.